The SMILES string of the molecule is Cc1ccc(C(=O)N2CCC3(CC2)OCCN3S(=O)(=O)c2ccc(F)c(C)c2)cc1C. The standard InChI is InChI=1S/C23H27FN2O4S/c1-16-4-5-19(14-17(16)2)22(27)25-10-8-23(9-11-25)26(12-13-30-23)31(28,29)20-6-7-21(24)18(3)15-20/h4-7,14-15H,8-13H2,1-3H3. The van der Waals surface area contributed by atoms with Crippen LogP contribution in [0.3, 0.4) is 0 Å². The fourth-order valence-electron chi connectivity index (χ4n) is 4.35. The molecule has 2 aromatic rings. The van der Waals surface area contributed by atoms with Gasteiger partial charge in [-0.15, -0.1) is 0 Å². The Hall–Kier alpha value is -2.29. The second-order valence-electron chi connectivity index (χ2n) is 8.37. The summed E-state index contributed by atoms with van der Waals surface area (Å²) in [5, 5.41) is 0. The highest BCUT2D eigenvalue weighted by atomic mass is 32.2. The van der Waals surface area contributed by atoms with Crippen LogP contribution in [-0.2, 0) is 14.8 Å². The average Bonchev–Trinajstić information content (AvgIpc) is 3.16. The molecular formula is C23H27FN2O4S. The lowest BCUT2D eigenvalue weighted by atomic mass is 9.99. The number of rotatable bonds is 3. The number of carbonyl (C=O) groups is 1. The largest absolute Gasteiger partial charge is 0.358 e. The molecule has 1 amide bonds. The molecule has 0 atom stereocenters. The highest BCUT2D eigenvalue weighted by Crippen LogP contribution is 2.38. The van der Waals surface area contributed by atoms with Crippen LogP contribution in [0.1, 0.15) is 39.9 Å². The predicted molar refractivity (Wildman–Crippen MR) is 115 cm³/mol. The molecule has 0 aromatic heterocycles. The Kier molecular flexibility index (Phi) is 5.66. The first-order valence-electron chi connectivity index (χ1n) is 10.4. The van der Waals surface area contributed by atoms with Crippen molar-refractivity contribution in [3.8, 4) is 0 Å². The minimum atomic E-state index is -3.85. The van der Waals surface area contributed by atoms with E-state index in [1.165, 1.54) is 22.5 Å². The van der Waals surface area contributed by atoms with Crippen molar-refractivity contribution in [3.05, 3.63) is 64.5 Å². The van der Waals surface area contributed by atoms with Crippen LogP contribution in [0.2, 0.25) is 0 Å². The molecule has 4 rings (SSSR count). The van der Waals surface area contributed by atoms with Gasteiger partial charge in [0.2, 0.25) is 10.0 Å². The Morgan fingerprint density at radius 1 is 0.968 bits per heavy atom. The van der Waals surface area contributed by atoms with Crippen LogP contribution in [0.25, 0.3) is 0 Å². The van der Waals surface area contributed by atoms with Crippen molar-refractivity contribution in [3.63, 3.8) is 0 Å². The van der Waals surface area contributed by atoms with Crippen LogP contribution in [-0.4, -0.2) is 55.5 Å². The Morgan fingerprint density at radius 2 is 1.68 bits per heavy atom. The summed E-state index contributed by atoms with van der Waals surface area (Å²) < 4.78 is 47.6. The number of aryl methyl sites for hydroxylation is 3. The quantitative estimate of drug-likeness (QED) is 0.725. The maximum Gasteiger partial charge on any atom is 0.253 e. The summed E-state index contributed by atoms with van der Waals surface area (Å²) in [6, 6.07) is 9.48. The van der Waals surface area contributed by atoms with Crippen LogP contribution in [0.5, 0.6) is 0 Å². The fraction of sp³-hybridized carbons (Fsp3) is 0.435. The summed E-state index contributed by atoms with van der Waals surface area (Å²) in [4.78, 5) is 14.8. The maximum absolute atomic E-state index is 13.6. The zero-order chi connectivity index (χ0) is 22.4. The van der Waals surface area contributed by atoms with E-state index in [1.807, 2.05) is 32.0 Å². The number of nitrogens with zero attached hydrogens (tertiary/aromatic N) is 2. The molecule has 0 radical (unpaired) electrons. The molecule has 2 fully saturated rings. The normalized spacial score (nSPS) is 19.2. The predicted octanol–water partition coefficient (Wildman–Crippen LogP) is 3.40. The van der Waals surface area contributed by atoms with E-state index >= 15 is 0 Å². The molecule has 8 heteroatoms. The zero-order valence-electron chi connectivity index (χ0n) is 18.0. The topological polar surface area (TPSA) is 66.9 Å². The van der Waals surface area contributed by atoms with Crippen LogP contribution in [0.15, 0.2) is 41.3 Å². The van der Waals surface area contributed by atoms with E-state index in [9.17, 15) is 17.6 Å². The van der Waals surface area contributed by atoms with Gasteiger partial charge < -0.3 is 9.64 Å². The number of amides is 1. The van der Waals surface area contributed by atoms with Gasteiger partial charge in [-0.3, -0.25) is 4.79 Å². The summed E-state index contributed by atoms with van der Waals surface area (Å²) in [5.41, 5.74) is 2.14. The summed E-state index contributed by atoms with van der Waals surface area (Å²) in [6.07, 6.45) is 0.784. The third-order valence-corrected chi connectivity index (χ3v) is 8.37. The van der Waals surface area contributed by atoms with Crippen molar-refractivity contribution >= 4 is 15.9 Å². The zero-order valence-corrected chi connectivity index (χ0v) is 18.8. The molecule has 0 bridgehead atoms. The van der Waals surface area contributed by atoms with Gasteiger partial charge in [-0.25, -0.2) is 12.8 Å². The second kappa shape index (κ2) is 8.00. The van der Waals surface area contributed by atoms with Crippen LogP contribution < -0.4 is 0 Å². The first kappa shape index (κ1) is 21.9. The number of sulfonamides is 1. The van der Waals surface area contributed by atoms with Crippen molar-refractivity contribution < 1.29 is 22.3 Å². The minimum Gasteiger partial charge on any atom is -0.358 e. The summed E-state index contributed by atoms with van der Waals surface area (Å²) in [7, 11) is -3.85. The number of benzene rings is 2. The van der Waals surface area contributed by atoms with Crippen molar-refractivity contribution in [2.24, 2.45) is 0 Å². The number of hydrogen-bond acceptors (Lipinski definition) is 4. The number of carbonyl (C=O) groups excluding carboxylic acids is 1. The Morgan fingerprint density at radius 3 is 2.32 bits per heavy atom. The van der Waals surface area contributed by atoms with Gasteiger partial charge >= 0.3 is 0 Å². The van der Waals surface area contributed by atoms with E-state index in [-0.39, 0.29) is 22.9 Å². The monoisotopic (exact) mass is 446 g/mol. The molecule has 2 aliphatic heterocycles. The molecule has 2 aliphatic rings. The molecular weight excluding hydrogens is 419 g/mol. The molecule has 31 heavy (non-hydrogen) atoms. The molecule has 2 heterocycles. The first-order valence-corrected chi connectivity index (χ1v) is 11.9. The van der Waals surface area contributed by atoms with Crippen LogP contribution >= 0.6 is 0 Å². The minimum absolute atomic E-state index is 0.0560. The van der Waals surface area contributed by atoms with Gasteiger partial charge in [0.05, 0.1) is 11.5 Å². The summed E-state index contributed by atoms with van der Waals surface area (Å²) in [6.45, 7) is 6.86. The number of halogens is 1. The fourth-order valence-corrected chi connectivity index (χ4v) is 6.16. The molecule has 166 valence electrons. The van der Waals surface area contributed by atoms with Crippen LogP contribution in [0, 0.1) is 26.6 Å². The molecule has 0 aliphatic carbocycles. The van der Waals surface area contributed by atoms with Crippen molar-refractivity contribution in [1.29, 1.82) is 0 Å². The Balaban J connectivity index is 1.53. The Labute approximate surface area is 182 Å². The van der Waals surface area contributed by atoms with E-state index in [4.69, 9.17) is 4.74 Å². The smallest absolute Gasteiger partial charge is 0.253 e. The van der Waals surface area contributed by atoms with Gasteiger partial charge in [0, 0.05) is 38.0 Å². The second-order valence-corrected chi connectivity index (χ2v) is 10.2. The van der Waals surface area contributed by atoms with Crippen molar-refractivity contribution in [2.75, 3.05) is 26.2 Å². The van der Waals surface area contributed by atoms with Gasteiger partial charge in [0.25, 0.3) is 5.91 Å². The van der Waals surface area contributed by atoms with Gasteiger partial charge in [0.15, 0.2) is 0 Å². The first-order chi connectivity index (χ1) is 14.6. The maximum atomic E-state index is 13.6. The molecule has 0 saturated carbocycles. The highest BCUT2D eigenvalue weighted by Gasteiger charge is 2.51. The van der Waals surface area contributed by atoms with Gasteiger partial charge in [0.1, 0.15) is 11.5 Å². The lowest BCUT2D eigenvalue weighted by molar-refractivity contribution is -0.0857. The summed E-state index contributed by atoms with van der Waals surface area (Å²) >= 11 is 0. The van der Waals surface area contributed by atoms with E-state index in [2.05, 4.69) is 0 Å². The molecule has 2 saturated heterocycles. The number of piperidine rings is 1. The van der Waals surface area contributed by atoms with Crippen molar-refractivity contribution in [2.45, 2.75) is 44.2 Å². The van der Waals surface area contributed by atoms with Crippen LogP contribution in [0.4, 0.5) is 4.39 Å². The van der Waals surface area contributed by atoms with Gasteiger partial charge in [-0.05, 0) is 67.8 Å². The van der Waals surface area contributed by atoms with E-state index < -0.39 is 21.6 Å². The third-order valence-electron chi connectivity index (χ3n) is 6.42. The number of likely N-dealkylation sites (tertiary alicyclic amines) is 1. The molecule has 1 spiro atoms. The number of ether oxygens (including phenoxy) is 1. The number of hydrogen-bond donors (Lipinski definition) is 0. The third kappa shape index (κ3) is 3.88. The molecule has 2 aromatic carbocycles. The van der Waals surface area contributed by atoms with E-state index in [0.717, 1.165) is 11.1 Å². The van der Waals surface area contributed by atoms with E-state index in [1.54, 1.807) is 11.8 Å². The van der Waals surface area contributed by atoms with Crippen molar-refractivity contribution in [1.82, 2.24) is 9.21 Å². The van der Waals surface area contributed by atoms with Gasteiger partial charge in [-0.1, -0.05) is 6.07 Å². The van der Waals surface area contributed by atoms with Gasteiger partial charge in [-0.2, -0.15) is 4.31 Å². The molecule has 0 N–H and O–H groups in total. The molecule has 0 unspecified atom stereocenters. The highest BCUT2D eigenvalue weighted by molar-refractivity contribution is 7.89. The molecule has 6 nitrogen and oxygen atoms in total. The lowest BCUT2D eigenvalue weighted by Gasteiger charge is -2.42. The summed E-state index contributed by atoms with van der Waals surface area (Å²) in [5.74, 6) is -0.496. The van der Waals surface area contributed by atoms with E-state index in [0.29, 0.717) is 38.1 Å². The Bertz CT molecular complexity index is 1120. The lowest BCUT2D eigenvalue weighted by Crippen LogP contribution is -2.55. The average molecular weight is 447 g/mol.